The molecule has 1 amide bonds. The molecule has 0 bridgehead atoms. The topological polar surface area (TPSA) is 38.3 Å². The quantitative estimate of drug-likeness (QED) is 0.512. The third-order valence-electron chi connectivity index (χ3n) is 8.15. The van der Waals surface area contributed by atoms with Crippen molar-refractivity contribution in [2.75, 3.05) is 12.4 Å². The number of rotatable bonds is 7. The van der Waals surface area contributed by atoms with Gasteiger partial charge in [0.15, 0.2) is 0 Å². The highest BCUT2D eigenvalue weighted by Gasteiger charge is 2.40. The molecule has 3 aliphatic carbocycles. The SMILES string of the molecule is COc1cccc(NC(=O)CCCCC2CCC3CC4CCCCC4CC3C2)c1. The number of benzene rings is 1. The van der Waals surface area contributed by atoms with E-state index in [1.54, 1.807) is 13.5 Å². The number of ether oxygens (including phenoxy) is 1. The first-order valence-corrected chi connectivity index (χ1v) is 12.1. The monoisotopic (exact) mass is 397 g/mol. The standard InChI is InChI=1S/C26H39NO2/c1-29-25-11-6-10-24(18-25)27-26(28)12-5-2-7-19-13-14-22-16-20-8-3-4-9-21(20)17-23(22)15-19/h6,10-11,18-23H,2-5,7-9,12-17H2,1H3,(H,27,28). The second-order valence-electron chi connectivity index (χ2n) is 10.0. The first-order chi connectivity index (χ1) is 14.2. The van der Waals surface area contributed by atoms with Crippen LogP contribution in [0.15, 0.2) is 24.3 Å². The van der Waals surface area contributed by atoms with Crippen molar-refractivity contribution in [3.8, 4) is 5.75 Å². The molecule has 5 atom stereocenters. The molecule has 1 aromatic carbocycles. The van der Waals surface area contributed by atoms with Crippen LogP contribution in [0.1, 0.15) is 83.5 Å². The fraction of sp³-hybridized carbons (Fsp3) is 0.731. The molecule has 3 heteroatoms. The van der Waals surface area contributed by atoms with Crippen LogP contribution in [0.25, 0.3) is 0 Å². The minimum atomic E-state index is 0.123. The summed E-state index contributed by atoms with van der Waals surface area (Å²) in [5.41, 5.74) is 0.825. The van der Waals surface area contributed by atoms with Crippen molar-refractivity contribution in [1.82, 2.24) is 0 Å². The van der Waals surface area contributed by atoms with Crippen LogP contribution in [0.4, 0.5) is 5.69 Å². The number of hydrogen-bond acceptors (Lipinski definition) is 2. The molecule has 0 radical (unpaired) electrons. The van der Waals surface area contributed by atoms with Gasteiger partial charge in [-0.3, -0.25) is 4.79 Å². The Morgan fingerprint density at radius 3 is 2.52 bits per heavy atom. The number of carbonyl (C=O) groups is 1. The van der Waals surface area contributed by atoms with Gasteiger partial charge < -0.3 is 10.1 Å². The summed E-state index contributed by atoms with van der Waals surface area (Å²) in [6.45, 7) is 0. The second kappa shape index (κ2) is 10.00. The Balaban J connectivity index is 1.14. The average Bonchev–Trinajstić information content (AvgIpc) is 2.75. The van der Waals surface area contributed by atoms with Gasteiger partial charge in [-0.2, -0.15) is 0 Å². The maximum Gasteiger partial charge on any atom is 0.224 e. The van der Waals surface area contributed by atoms with E-state index in [1.165, 1.54) is 64.2 Å². The van der Waals surface area contributed by atoms with Gasteiger partial charge in [0.1, 0.15) is 5.75 Å². The number of amides is 1. The first-order valence-electron chi connectivity index (χ1n) is 12.1. The van der Waals surface area contributed by atoms with Gasteiger partial charge in [-0.25, -0.2) is 0 Å². The van der Waals surface area contributed by atoms with E-state index in [4.69, 9.17) is 4.74 Å². The summed E-state index contributed by atoms with van der Waals surface area (Å²) in [6, 6.07) is 7.59. The third-order valence-corrected chi connectivity index (χ3v) is 8.15. The summed E-state index contributed by atoms with van der Waals surface area (Å²) in [6.07, 6.45) is 17.6. The van der Waals surface area contributed by atoms with E-state index in [0.717, 1.165) is 47.4 Å². The molecule has 29 heavy (non-hydrogen) atoms. The van der Waals surface area contributed by atoms with Gasteiger partial charge >= 0.3 is 0 Å². The number of anilines is 1. The highest BCUT2D eigenvalue weighted by atomic mass is 16.5. The average molecular weight is 398 g/mol. The van der Waals surface area contributed by atoms with Gasteiger partial charge in [0.05, 0.1) is 7.11 Å². The van der Waals surface area contributed by atoms with Gasteiger partial charge in [-0.1, -0.05) is 51.0 Å². The maximum atomic E-state index is 12.2. The van der Waals surface area contributed by atoms with Gasteiger partial charge in [0.25, 0.3) is 0 Å². The summed E-state index contributed by atoms with van der Waals surface area (Å²) in [5, 5.41) is 3.00. The van der Waals surface area contributed by atoms with E-state index in [1.807, 2.05) is 24.3 Å². The summed E-state index contributed by atoms with van der Waals surface area (Å²) >= 11 is 0. The van der Waals surface area contributed by atoms with Crippen LogP contribution in [-0.4, -0.2) is 13.0 Å². The fourth-order valence-corrected chi connectivity index (χ4v) is 6.61. The molecule has 0 aromatic heterocycles. The Hall–Kier alpha value is -1.51. The lowest BCUT2D eigenvalue weighted by atomic mass is 9.58. The minimum Gasteiger partial charge on any atom is -0.497 e. The van der Waals surface area contributed by atoms with Gasteiger partial charge in [-0.15, -0.1) is 0 Å². The lowest BCUT2D eigenvalue weighted by molar-refractivity contribution is -0.116. The summed E-state index contributed by atoms with van der Waals surface area (Å²) in [4.78, 5) is 12.2. The van der Waals surface area contributed by atoms with E-state index in [2.05, 4.69) is 5.32 Å². The normalized spacial score (nSPS) is 31.4. The Morgan fingerprint density at radius 2 is 1.72 bits per heavy atom. The van der Waals surface area contributed by atoms with Crippen molar-refractivity contribution in [2.45, 2.75) is 83.5 Å². The molecule has 0 heterocycles. The van der Waals surface area contributed by atoms with Crippen LogP contribution in [-0.2, 0) is 4.79 Å². The molecule has 0 spiro atoms. The van der Waals surface area contributed by atoms with E-state index in [0.29, 0.717) is 6.42 Å². The lowest BCUT2D eigenvalue weighted by Gasteiger charge is -2.47. The van der Waals surface area contributed by atoms with Crippen LogP contribution in [0, 0.1) is 29.6 Å². The second-order valence-corrected chi connectivity index (χ2v) is 10.0. The number of hydrogen-bond donors (Lipinski definition) is 1. The maximum absolute atomic E-state index is 12.2. The van der Waals surface area contributed by atoms with Gasteiger partial charge in [0, 0.05) is 18.2 Å². The molecule has 3 fully saturated rings. The first kappa shape index (κ1) is 20.8. The Bertz CT molecular complexity index is 672. The highest BCUT2D eigenvalue weighted by Crippen LogP contribution is 2.51. The molecule has 3 nitrogen and oxygen atoms in total. The van der Waals surface area contributed by atoms with Crippen LogP contribution in [0.2, 0.25) is 0 Å². The Kier molecular flexibility index (Phi) is 7.15. The van der Waals surface area contributed by atoms with E-state index in [-0.39, 0.29) is 5.91 Å². The zero-order valence-corrected chi connectivity index (χ0v) is 18.2. The Morgan fingerprint density at radius 1 is 0.966 bits per heavy atom. The van der Waals surface area contributed by atoms with Crippen molar-refractivity contribution >= 4 is 11.6 Å². The summed E-state index contributed by atoms with van der Waals surface area (Å²) < 4.78 is 5.22. The van der Waals surface area contributed by atoms with Crippen LogP contribution < -0.4 is 10.1 Å². The smallest absolute Gasteiger partial charge is 0.224 e. The van der Waals surface area contributed by atoms with Crippen molar-refractivity contribution in [1.29, 1.82) is 0 Å². The molecule has 5 unspecified atom stereocenters. The molecular weight excluding hydrogens is 358 g/mol. The molecule has 0 aliphatic heterocycles. The zero-order chi connectivity index (χ0) is 20.1. The van der Waals surface area contributed by atoms with Crippen molar-refractivity contribution < 1.29 is 9.53 Å². The van der Waals surface area contributed by atoms with E-state index >= 15 is 0 Å². The van der Waals surface area contributed by atoms with Gasteiger partial charge in [-0.05, 0) is 73.8 Å². The highest BCUT2D eigenvalue weighted by molar-refractivity contribution is 5.90. The molecule has 4 rings (SSSR count). The molecule has 1 N–H and O–H groups in total. The number of fused-ring (bicyclic) bond motifs is 2. The Labute approximate surface area is 177 Å². The molecule has 3 aliphatic rings. The van der Waals surface area contributed by atoms with Crippen molar-refractivity contribution in [2.24, 2.45) is 29.6 Å². The lowest BCUT2D eigenvalue weighted by Crippen LogP contribution is -2.37. The molecule has 160 valence electrons. The van der Waals surface area contributed by atoms with Crippen LogP contribution >= 0.6 is 0 Å². The van der Waals surface area contributed by atoms with Gasteiger partial charge in [0.2, 0.25) is 5.91 Å². The fourth-order valence-electron chi connectivity index (χ4n) is 6.61. The van der Waals surface area contributed by atoms with E-state index in [9.17, 15) is 4.79 Å². The van der Waals surface area contributed by atoms with E-state index < -0.39 is 0 Å². The number of methoxy groups -OCH3 is 1. The number of nitrogens with one attached hydrogen (secondary N) is 1. The summed E-state index contributed by atoms with van der Waals surface area (Å²) in [5.74, 6) is 6.01. The molecule has 0 saturated heterocycles. The van der Waals surface area contributed by atoms with Crippen LogP contribution in [0.5, 0.6) is 5.75 Å². The van der Waals surface area contributed by atoms with Crippen LogP contribution in [0.3, 0.4) is 0 Å². The predicted molar refractivity (Wildman–Crippen MR) is 119 cm³/mol. The molecule has 3 saturated carbocycles. The van der Waals surface area contributed by atoms with Crippen molar-refractivity contribution in [3.63, 3.8) is 0 Å². The largest absolute Gasteiger partial charge is 0.497 e. The molecule has 1 aromatic rings. The predicted octanol–water partition coefficient (Wildman–Crippen LogP) is 6.83. The number of unbranched alkanes of at least 4 members (excludes halogenated alkanes) is 1. The zero-order valence-electron chi connectivity index (χ0n) is 18.2. The number of carbonyl (C=O) groups excluding carboxylic acids is 1. The minimum absolute atomic E-state index is 0.123. The summed E-state index contributed by atoms with van der Waals surface area (Å²) in [7, 11) is 1.65. The molecular formula is C26H39NO2. The third kappa shape index (κ3) is 5.55. The van der Waals surface area contributed by atoms with Crippen molar-refractivity contribution in [3.05, 3.63) is 24.3 Å².